The van der Waals surface area contributed by atoms with Crippen LogP contribution in [0.25, 0.3) is 0 Å². The molecule has 0 radical (unpaired) electrons. The van der Waals surface area contributed by atoms with E-state index in [1.165, 1.54) is 0 Å². The van der Waals surface area contributed by atoms with Crippen LogP contribution in [0.1, 0.15) is 10.4 Å². The number of rotatable bonds is 5. The van der Waals surface area contributed by atoms with E-state index in [0.717, 1.165) is 19.6 Å². The Morgan fingerprint density at radius 3 is 2.48 bits per heavy atom. The third kappa shape index (κ3) is 3.60. The highest BCUT2D eigenvalue weighted by Gasteiger charge is 2.25. The number of piperazine rings is 1. The minimum Gasteiger partial charge on any atom is -0.493 e. The molecule has 0 bridgehead atoms. The Hall–Kier alpha value is -1.46. The minimum atomic E-state index is -0.0173. The highest BCUT2D eigenvalue weighted by molar-refractivity contribution is 6.18. The maximum absolute atomic E-state index is 12.7. The van der Waals surface area contributed by atoms with Crippen LogP contribution in [0, 0.1) is 0 Å². The van der Waals surface area contributed by atoms with Crippen LogP contribution in [-0.4, -0.2) is 68.5 Å². The van der Waals surface area contributed by atoms with E-state index in [-0.39, 0.29) is 5.91 Å². The number of nitrogens with zero attached hydrogens (tertiary/aromatic N) is 2. The van der Waals surface area contributed by atoms with Crippen LogP contribution >= 0.6 is 11.6 Å². The molecular formula is C15H21ClN2O3. The van der Waals surface area contributed by atoms with E-state index in [2.05, 4.69) is 4.90 Å². The van der Waals surface area contributed by atoms with Gasteiger partial charge in [0.2, 0.25) is 0 Å². The predicted octanol–water partition coefficient (Wildman–Crippen LogP) is 1.70. The van der Waals surface area contributed by atoms with Crippen molar-refractivity contribution in [2.24, 2.45) is 0 Å². The molecule has 0 spiro atoms. The monoisotopic (exact) mass is 312 g/mol. The second kappa shape index (κ2) is 7.52. The Labute approximate surface area is 130 Å². The summed E-state index contributed by atoms with van der Waals surface area (Å²) in [5.41, 5.74) is 0.544. The van der Waals surface area contributed by atoms with E-state index in [1.807, 2.05) is 4.90 Å². The molecule has 0 atom stereocenters. The number of para-hydroxylation sites is 1. The number of alkyl halides is 1. The molecule has 0 aliphatic carbocycles. The van der Waals surface area contributed by atoms with E-state index in [4.69, 9.17) is 21.1 Å². The van der Waals surface area contributed by atoms with Gasteiger partial charge in [0, 0.05) is 38.6 Å². The fraction of sp³-hybridized carbons (Fsp3) is 0.533. The van der Waals surface area contributed by atoms with E-state index in [0.29, 0.717) is 36.0 Å². The van der Waals surface area contributed by atoms with Crippen molar-refractivity contribution >= 4 is 17.5 Å². The number of ether oxygens (including phenoxy) is 2. The van der Waals surface area contributed by atoms with E-state index < -0.39 is 0 Å². The van der Waals surface area contributed by atoms with Crippen molar-refractivity contribution in [2.75, 3.05) is 52.8 Å². The van der Waals surface area contributed by atoms with Gasteiger partial charge < -0.3 is 14.4 Å². The zero-order valence-corrected chi connectivity index (χ0v) is 13.2. The molecule has 116 valence electrons. The third-order valence-corrected chi connectivity index (χ3v) is 3.86. The van der Waals surface area contributed by atoms with Crippen molar-refractivity contribution in [3.63, 3.8) is 0 Å². The van der Waals surface area contributed by atoms with Crippen molar-refractivity contribution in [1.82, 2.24) is 9.80 Å². The van der Waals surface area contributed by atoms with E-state index in [9.17, 15) is 4.79 Å². The molecular weight excluding hydrogens is 292 g/mol. The number of halogens is 1. The van der Waals surface area contributed by atoms with Crippen molar-refractivity contribution < 1.29 is 14.3 Å². The first-order valence-corrected chi connectivity index (χ1v) is 7.53. The van der Waals surface area contributed by atoms with Gasteiger partial charge in [-0.05, 0) is 12.1 Å². The molecule has 1 aromatic carbocycles. The van der Waals surface area contributed by atoms with E-state index >= 15 is 0 Å². The molecule has 6 heteroatoms. The summed E-state index contributed by atoms with van der Waals surface area (Å²) in [6.45, 7) is 3.98. The summed E-state index contributed by atoms with van der Waals surface area (Å²) in [5.74, 6) is 1.67. The number of hydrogen-bond acceptors (Lipinski definition) is 4. The second-order valence-corrected chi connectivity index (χ2v) is 5.24. The summed E-state index contributed by atoms with van der Waals surface area (Å²) >= 11 is 5.75. The van der Waals surface area contributed by atoms with Gasteiger partial charge in [-0.15, -0.1) is 11.6 Å². The van der Waals surface area contributed by atoms with Gasteiger partial charge in [0.25, 0.3) is 5.91 Å². The first-order valence-electron chi connectivity index (χ1n) is 6.99. The Morgan fingerprint density at radius 1 is 1.19 bits per heavy atom. The number of carbonyl (C=O) groups is 1. The molecule has 2 rings (SSSR count). The molecule has 1 fully saturated rings. The van der Waals surface area contributed by atoms with Gasteiger partial charge in [-0.2, -0.15) is 0 Å². The average molecular weight is 313 g/mol. The lowest BCUT2D eigenvalue weighted by Gasteiger charge is -2.34. The number of methoxy groups -OCH3 is 2. The van der Waals surface area contributed by atoms with Gasteiger partial charge in [-0.25, -0.2) is 0 Å². The number of amides is 1. The Bertz CT molecular complexity index is 488. The Balaban J connectivity index is 2.11. The predicted molar refractivity (Wildman–Crippen MR) is 82.6 cm³/mol. The second-order valence-electron chi connectivity index (χ2n) is 4.86. The van der Waals surface area contributed by atoms with Crippen molar-refractivity contribution in [1.29, 1.82) is 0 Å². The topological polar surface area (TPSA) is 42.0 Å². The molecule has 1 aliphatic heterocycles. The molecule has 0 N–H and O–H groups in total. The maximum atomic E-state index is 12.7. The molecule has 1 amide bonds. The zero-order valence-electron chi connectivity index (χ0n) is 12.5. The van der Waals surface area contributed by atoms with Gasteiger partial charge in [0.05, 0.1) is 19.8 Å². The zero-order chi connectivity index (χ0) is 15.2. The number of carbonyl (C=O) groups excluding carboxylic acids is 1. The smallest absolute Gasteiger partial charge is 0.257 e. The van der Waals surface area contributed by atoms with Gasteiger partial charge in [0.15, 0.2) is 11.5 Å². The molecule has 1 heterocycles. The van der Waals surface area contributed by atoms with Crippen LogP contribution < -0.4 is 9.47 Å². The lowest BCUT2D eigenvalue weighted by atomic mass is 10.1. The summed E-state index contributed by atoms with van der Waals surface area (Å²) in [6.07, 6.45) is 0. The SMILES string of the molecule is COc1cccc(C(=O)N2CCN(CCCl)CC2)c1OC. The summed E-state index contributed by atoms with van der Waals surface area (Å²) in [7, 11) is 3.12. The highest BCUT2D eigenvalue weighted by atomic mass is 35.5. The molecule has 21 heavy (non-hydrogen) atoms. The van der Waals surface area contributed by atoms with Gasteiger partial charge in [-0.1, -0.05) is 6.07 Å². The van der Waals surface area contributed by atoms with Crippen LogP contribution in [0.15, 0.2) is 18.2 Å². The standard InChI is InChI=1S/C15H21ClN2O3/c1-20-13-5-3-4-12(14(13)21-2)15(19)18-10-8-17(7-6-16)9-11-18/h3-5H,6-11H2,1-2H3. The summed E-state index contributed by atoms with van der Waals surface area (Å²) < 4.78 is 10.6. The lowest BCUT2D eigenvalue weighted by molar-refractivity contribution is 0.0640. The summed E-state index contributed by atoms with van der Waals surface area (Å²) in [4.78, 5) is 16.8. The van der Waals surface area contributed by atoms with Crippen LogP contribution in [0.5, 0.6) is 11.5 Å². The van der Waals surface area contributed by atoms with E-state index in [1.54, 1.807) is 32.4 Å². The Morgan fingerprint density at radius 2 is 1.90 bits per heavy atom. The fourth-order valence-corrected chi connectivity index (χ4v) is 2.76. The quantitative estimate of drug-likeness (QED) is 0.776. The summed E-state index contributed by atoms with van der Waals surface area (Å²) in [5, 5.41) is 0. The van der Waals surface area contributed by atoms with Crippen LogP contribution in [0.4, 0.5) is 0 Å². The van der Waals surface area contributed by atoms with Gasteiger partial charge in [0.1, 0.15) is 0 Å². The maximum Gasteiger partial charge on any atom is 0.257 e. The molecule has 0 saturated carbocycles. The molecule has 5 nitrogen and oxygen atoms in total. The normalized spacial score (nSPS) is 15.9. The highest BCUT2D eigenvalue weighted by Crippen LogP contribution is 2.31. The molecule has 1 saturated heterocycles. The first-order chi connectivity index (χ1) is 10.2. The number of benzene rings is 1. The molecule has 0 aromatic heterocycles. The van der Waals surface area contributed by atoms with Crippen LogP contribution in [0.3, 0.4) is 0 Å². The van der Waals surface area contributed by atoms with Crippen molar-refractivity contribution in [2.45, 2.75) is 0 Å². The molecule has 0 unspecified atom stereocenters. The Kier molecular flexibility index (Phi) is 5.70. The van der Waals surface area contributed by atoms with Crippen molar-refractivity contribution in [3.8, 4) is 11.5 Å². The third-order valence-electron chi connectivity index (χ3n) is 3.69. The van der Waals surface area contributed by atoms with Gasteiger partial charge >= 0.3 is 0 Å². The van der Waals surface area contributed by atoms with Crippen LogP contribution in [0.2, 0.25) is 0 Å². The first kappa shape index (κ1) is 15.9. The largest absolute Gasteiger partial charge is 0.493 e. The summed E-state index contributed by atoms with van der Waals surface area (Å²) in [6, 6.07) is 5.36. The minimum absolute atomic E-state index is 0.0173. The van der Waals surface area contributed by atoms with Gasteiger partial charge in [-0.3, -0.25) is 9.69 Å². The van der Waals surface area contributed by atoms with Crippen LogP contribution in [-0.2, 0) is 0 Å². The molecule has 1 aromatic rings. The lowest BCUT2D eigenvalue weighted by Crippen LogP contribution is -2.49. The average Bonchev–Trinajstić information content (AvgIpc) is 2.54. The fourth-order valence-electron chi connectivity index (χ4n) is 2.52. The number of hydrogen-bond donors (Lipinski definition) is 0. The molecule has 1 aliphatic rings. The van der Waals surface area contributed by atoms with Crippen molar-refractivity contribution in [3.05, 3.63) is 23.8 Å².